The van der Waals surface area contributed by atoms with Crippen molar-refractivity contribution in [2.75, 3.05) is 7.11 Å². The lowest BCUT2D eigenvalue weighted by atomic mass is 10.1. The van der Waals surface area contributed by atoms with E-state index in [0.717, 1.165) is 0 Å². The number of hydrogen-bond acceptors (Lipinski definition) is 5. The van der Waals surface area contributed by atoms with Gasteiger partial charge in [-0.3, -0.25) is 14.9 Å². The third kappa shape index (κ3) is 3.65. The van der Waals surface area contributed by atoms with Gasteiger partial charge in [0.15, 0.2) is 0 Å². The van der Waals surface area contributed by atoms with E-state index in [2.05, 4.69) is 20.7 Å². The molecule has 8 heteroatoms. The Hall–Kier alpha value is -1.18. The molecule has 6 nitrogen and oxygen atoms in total. The highest BCUT2D eigenvalue weighted by Crippen LogP contribution is 2.27. The molecule has 0 fully saturated rings. The lowest BCUT2D eigenvalue weighted by Crippen LogP contribution is -2.22. The normalized spacial score (nSPS) is 11.2. The first kappa shape index (κ1) is 15.8. The summed E-state index contributed by atoms with van der Waals surface area (Å²) in [5, 5.41) is 10.7. The maximum atomic E-state index is 11.1. The van der Waals surface area contributed by atoms with Gasteiger partial charge in [-0.1, -0.05) is 6.07 Å². The summed E-state index contributed by atoms with van der Waals surface area (Å²) in [6.45, 7) is 0. The lowest BCUT2D eigenvalue weighted by molar-refractivity contribution is -0.385. The van der Waals surface area contributed by atoms with Crippen molar-refractivity contribution < 1.29 is 14.5 Å². The van der Waals surface area contributed by atoms with Crippen LogP contribution in [0.3, 0.4) is 0 Å². The van der Waals surface area contributed by atoms with Gasteiger partial charge in [-0.05, 0) is 27.6 Å². The molecule has 0 aliphatic heterocycles. The van der Waals surface area contributed by atoms with Gasteiger partial charge in [0, 0.05) is 6.07 Å². The minimum absolute atomic E-state index is 0. The Bertz CT molecular complexity index is 441. The Kier molecular flexibility index (Phi) is 6.08. The largest absolute Gasteiger partial charge is 0.468 e. The highest BCUT2D eigenvalue weighted by Gasteiger charge is 2.20. The van der Waals surface area contributed by atoms with Gasteiger partial charge in [0.1, 0.15) is 6.04 Å². The van der Waals surface area contributed by atoms with E-state index in [1.807, 2.05) is 0 Å². The van der Waals surface area contributed by atoms with Crippen LogP contribution in [0.15, 0.2) is 22.7 Å². The molecule has 0 aliphatic rings. The number of nitrogens with two attached hydrogens (primary N) is 1. The van der Waals surface area contributed by atoms with Crippen molar-refractivity contribution in [3.8, 4) is 0 Å². The van der Waals surface area contributed by atoms with E-state index in [4.69, 9.17) is 5.73 Å². The summed E-state index contributed by atoms with van der Waals surface area (Å²) in [7, 11) is 1.20. The van der Waals surface area contributed by atoms with Crippen LogP contribution in [0, 0.1) is 10.1 Å². The van der Waals surface area contributed by atoms with Crippen LogP contribution in [-0.2, 0) is 9.53 Å². The Labute approximate surface area is 112 Å². The number of halogens is 2. The average Bonchev–Trinajstić information content (AvgIpc) is 2.27. The molecule has 0 spiro atoms. The summed E-state index contributed by atoms with van der Waals surface area (Å²) in [6, 6.07) is 3.22. The number of carbonyl (C=O) groups excluding carboxylic acids is 1. The molecule has 0 saturated carbocycles. The number of ether oxygens (including phenoxy) is 1. The molecule has 0 heterocycles. The van der Waals surface area contributed by atoms with Gasteiger partial charge in [-0.25, -0.2) is 0 Å². The molecule has 1 aromatic carbocycles. The van der Waals surface area contributed by atoms with E-state index in [1.54, 1.807) is 0 Å². The minimum Gasteiger partial charge on any atom is -0.468 e. The third-order valence-electron chi connectivity index (χ3n) is 1.98. The van der Waals surface area contributed by atoms with Crippen LogP contribution in [0.2, 0.25) is 0 Å². The molecule has 0 aromatic heterocycles. The van der Waals surface area contributed by atoms with Crippen molar-refractivity contribution in [3.05, 3.63) is 38.3 Å². The van der Waals surface area contributed by atoms with Crippen LogP contribution in [0.5, 0.6) is 0 Å². The molecule has 0 radical (unpaired) electrons. The number of hydrogen-bond donors (Lipinski definition) is 1. The van der Waals surface area contributed by atoms with Gasteiger partial charge in [0.05, 0.1) is 16.5 Å². The van der Waals surface area contributed by atoms with E-state index < -0.39 is 16.9 Å². The van der Waals surface area contributed by atoms with Crippen molar-refractivity contribution in [1.29, 1.82) is 0 Å². The van der Waals surface area contributed by atoms with E-state index >= 15 is 0 Å². The van der Waals surface area contributed by atoms with E-state index in [9.17, 15) is 14.9 Å². The number of methoxy groups -OCH3 is 1. The number of benzene rings is 1. The van der Waals surface area contributed by atoms with Crippen LogP contribution in [0.25, 0.3) is 0 Å². The van der Waals surface area contributed by atoms with Crippen LogP contribution >= 0.6 is 28.3 Å². The molecule has 1 aromatic rings. The van der Waals surface area contributed by atoms with Crippen LogP contribution in [0.1, 0.15) is 11.6 Å². The standard InChI is InChI=1S/C9H9BrN2O4.ClH/c1-16-9(13)8(11)5-2-3-6(10)7(4-5)12(14)15;/h2-4,8H,11H2,1H3;1H/t8-;/m1./s1. The highest BCUT2D eigenvalue weighted by atomic mass is 79.9. The molecule has 17 heavy (non-hydrogen) atoms. The summed E-state index contributed by atoms with van der Waals surface area (Å²) in [5.74, 6) is -0.642. The molecular weight excluding hydrogens is 315 g/mol. The molecule has 0 bridgehead atoms. The first-order valence-electron chi connectivity index (χ1n) is 4.24. The molecule has 0 aliphatic carbocycles. The van der Waals surface area contributed by atoms with Crippen molar-refractivity contribution in [2.24, 2.45) is 5.73 Å². The maximum Gasteiger partial charge on any atom is 0.327 e. The zero-order valence-electron chi connectivity index (χ0n) is 8.75. The molecule has 0 unspecified atom stereocenters. The topological polar surface area (TPSA) is 95.5 Å². The van der Waals surface area contributed by atoms with Crippen LogP contribution in [-0.4, -0.2) is 18.0 Å². The smallest absolute Gasteiger partial charge is 0.327 e. The molecule has 0 saturated heterocycles. The van der Waals surface area contributed by atoms with Gasteiger partial charge in [-0.15, -0.1) is 12.4 Å². The summed E-state index contributed by atoms with van der Waals surface area (Å²) < 4.78 is 4.78. The number of nitro benzene ring substituents is 1. The number of esters is 1. The first-order chi connectivity index (χ1) is 7.47. The number of nitro groups is 1. The predicted molar refractivity (Wildman–Crippen MR) is 67.0 cm³/mol. The Morgan fingerprint density at radius 1 is 1.59 bits per heavy atom. The zero-order chi connectivity index (χ0) is 12.3. The Morgan fingerprint density at radius 2 is 2.18 bits per heavy atom. The molecular formula is C9H10BrClN2O4. The maximum absolute atomic E-state index is 11.1. The van der Waals surface area contributed by atoms with Crippen molar-refractivity contribution in [2.45, 2.75) is 6.04 Å². The SMILES string of the molecule is COC(=O)[C@H](N)c1ccc(Br)c([N+](=O)[O-])c1.Cl. The third-order valence-corrected chi connectivity index (χ3v) is 2.65. The Balaban J connectivity index is 0.00000256. The second-order valence-electron chi connectivity index (χ2n) is 2.97. The van der Waals surface area contributed by atoms with Crippen molar-refractivity contribution >= 4 is 40.0 Å². The van der Waals surface area contributed by atoms with E-state index in [0.29, 0.717) is 10.0 Å². The second-order valence-corrected chi connectivity index (χ2v) is 3.82. The molecule has 2 N–H and O–H groups in total. The molecule has 1 atom stereocenters. The monoisotopic (exact) mass is 324 g/mol. The van der Waals surface area contributed by atoms with Gasteiger partial charge in [0.25, 0.3) is 5.69 Å². The van der Waals surface area contributed by atoms with E-state index in [1.165, 1.54) is 25.3 Å². The molecule has 1 rings (SSSR count). The summed E-state index contributed by atoms with van der Waals surface area (Å²) in [4.78, 5) is 21.2. The summed E-state index contributed by atoms with van der Waals surface area (Å²) >= 11 is 3.04. The van der Waals surface area contributed by atoms with Crippen LogP contribution in [0.4, 0.5) is 5.69 Å². The fraction of sp³-hybridized carbons (Fsp3) is 0.222. The van der Waals surface area contributed by atoms with Gasteiger partial charge in [-0.2, -0.15) is 0 Å². The Morgan fingerprint density at radius 3 is 2.65 bits per heavy atom. The molecule has 94 valence electrons. The lowest BCUT2D eigenvalue weighted by Gasteiger charge is -2.09. The summed E-state index contributed by atoms with van der Waals surface area (Å²) in [6.07, 6.45) is 0. The predicted octanol–water partition coefficient (Wildman–Crippen LogP) is 1.95. The minimum atomic E-state index is -1.02. The van der Waals surface area contributed by atoms with Gasteiger partial charge < -0.3 is 10.5 Å². The molecule has 0 amide bonds. The second kappa shape index (κ2) is 6.53. The fourth-order valence-electron chi connectivity index (χ4n) is 1.13. The van der Waals surface area contributed by atoms with Crippen LogP contribution < -0.4 is 5.73 Å². The number of rotatable bonds is 3. The zero-order valence-corrected chi connectivity index (χ0v) is 11.2. The number of nitrogens with zero attached hydrogens (tertiary/aromatic N) is 1. The first-order valence-corrected chi connectivity index (χ1v) is 5.04. The van der Waals surface area contributed by atoms with Gasteiger partial charge in [0.2, 0.25) is 0 Å². The summed E-state index contributed by atoms with van der Waals surface area (Å²) in [5.41, 5.74) is 5.75. The fourth-order valence-corrected chi connectivity index (χ4v) is 1.52. The number of carbonyl (C=O) groups is 1. The van der Waals surface area contributed by atoms with Crippen molar-refractivity contribution in [3.63, 3.8) is 0 Å². The quantitative estimate of drug-likeness (QED) is 0.520. The highest BCUT2D eigenvalue weighted by molar-refractivity contribution is 9.10. The van der Waals surface area contributed by atoms with E-state index in [-0.39, 0.29) is 18.1 Å². The average molecular weight is 326 g/mol. The van der Waals surface area contributed by atoms with Gasteiger partial charge >= 0.3 is 5.97 Å². The van der Waals surface area contributed by atoms with Crippen molar-refractivity contribution in [1.82, 2.24) is 0 Å².